The molecule has 0 radical (unpaired) electrons. The minimum atomic E-state index is 0.346. The summed E-state index contributed by atoms with van der Waals surface area (Å²) in [6, 6.07) is 48.7. The first kappa shape index (κ1) is 34.2. The van der Waals surface area contributed by atoms with Gasteiger partial charge in [0, 0.05) is 44.4 Å². The Hall–Kier alpha value is -6.84. The van der Waals surface area contributed by atoms with Gasteiger partial charge in [-0.05, 0) is 118 Å². The van der Waals surface area contributed by atoms with Crippen LogP contribution in [0.5, 0.6) is 0 Å². The van der Waals surface area contributed by atoms with Crippen LogP contribution in [-0.4, -0.2) is 4.57 Å². The number of allylic oxidation sites excluding steroid dienone is 5. The highest BCUT2D eigenvalue weighted by molar-refractivity contribution is 6.20. The second kappa shape index (κ2) is 13.4. The lowest BCUT2D eigenvalue weighted by Crippen LogP contribution is -2.33. The number of furan rings is 1. The van der Waals surface area contributed by atoms with Gasteiger partial charge in [-0.15, -0.1) is 0 Å². The summed E-state index contributed by atoms with van der Waals surface area (Å²) in [5.41, 5.74) is 16.0. The van der Waals surface area contributed by atoms with Crippen molar-refractivity contribution in [1.29, 1.82) is 0 Å². The van der Waals surface area contributed by atoms with Crippen molar-refractivity contribution >= 4 is 56.4 Å². The summed E-state index contributed by atoms with van der Waals surface area (Å²) in [5.74, 6) is 1.51. The maximum Gasteiger partial charge on any atom is 0.160 e. The van der Waals surface area contributed by atoms with Crippen LogP contribution in [0.25, 0.3) is 67.5 Å². The molecule has 3 heteroatoms. The lowest BCUT2D eigenvalue weighted by Gasteiger charge is -2.32. The quantitative estimate of drug-likeness (QED) is 0.168. The van der Waals surface area contributed by atoms with Crippen molar-refractivity contribution in [3.63, 3.8) is 0 Å². The van der Waals surface area contributed by atoms with Gasteiger partial charge in [0.2, 0.25) is 0 Å². The smallest absolute Gasteiger partial charge is 0.160 e. The molecule has 4 atom stereocenters. The van der Waals surface area contributed by atoms with Crippen LogP contribution in [0.15, 0.2) is 180 Å². The fourth-order valence-corrected chi connectivity index (χ4v) is 10.5. The Morgan fingerprint density at radius 3 is 2.37 bits per heavy atom. The zero-order valence-electron chi connectivity index (χ0n) is 33.3. The van der Waals surface area contributed by atoms with Crippen molar-refractivity contribution in [2.75, 3.05) is 4.90 Å². The van der Waals surface area contributed by atoms with Crippen molar-refractivity contribution in [3.05, 3.63) is 208 Å². The number of para-hydroxylation sites is 3. The van der Waals surface area contributed by atoms with Gasteiger partial charge in [-0.2, -0.15) is 0 Å². The Kier molecular flexibility index (Phi) is 7.75. The topological polar surface area (TPSA) is 21.3 Å². The Morgan fingerprint density at radius 2 is 1.51 bits per heavy atom. The third kappa shape index (κ3) is 5.34. The third-order valence-electron chi connectivity index (χ3n) is 13.3. The van der Waals surface area contributed by atoms with E-state index in [0.29, 0.717) is 23.7 Å². The predicted octanol–water partition coefficient (Wildman–Crippen LogP) is 12.9. The second-order valence-corrected chi connectivity index (χ2v) is 16.8. The van der Waals surface area contributed by atoms with E-state index in [1.54, 1.807) is 0 Å². The van der Waals surface area contributed by atoms with Crippen LogP contribution >= 0.6 is 0 Å². The number of hydrogen-bond acceptors (Lipinski definition) is 2. The molecule has 4 aliphatic rings. The molecule has 0 aliphatic heterocycles. The molecular weight excluding hydrogens is 717 g/mol. The number of benzene rings is 6. The van der Waals surface area contributed by atoms with Crippen LogP contribution in [0.3, 0.4) is 0 Å². The van der Waals surface area contributed by atoms with Crippen molar-refractivity contribution in [2.45, 2.75) is 38.5 Å². The monoisotopic (exact) mass is 760 g/mol. The van der Waals surface area contributed by atoms with E-state index in [1.165, 1.54) is 71.8 Å². The van der Waals surface area contributed by atoms with Crippen LogP contribution in [0.2, 0.25) is 0 Å². The molecule has 0 saturated heterocycles. The van der Waals surface area contributed by atoms with E-state index in [9.17, 15) is 0 Å². The maximum atomic E-state index is 6.82. The van der Waals surface area contributed by atoms with Crippen LogP contribution in [0, 0.1) is 11.8 Å². The Morgan fingerprint density at radius 1 is 0.712 bits per heavy atom. The molecule has 0 bridgehead atoms. The Labute approximate surface area is 344 Å². The molecule has 12 rings (SSSR count). The molecule has 59 heavy (non-hydrogen) atoms. The average molecular weight is 761 g/mol. The van der Waals surface area contributed by atoms with Gasteiger partial charge in [-0.1, -0.05) is 141 Å². The number of anilines is 1. The largest absolute Gasteiger partial charge is 0.454 e. The summed E-state index contributed by atoms with van der Waals surface area (Å²) < 4.78 is 9.28. The summed E-state index contributed by atoms with van der Waals surface area (Å²) in [4.78, 5) is 2.45. The van der Waals surface area contributed by atoms with E-state index in [2.05, 4.69) is 205 Å². The summed E-state index contributed by atoms with van der Waals surface area (Å²) in [6.07, 6.45) is 20.9. The molecule has 8 aromatic rings. The third-order valence-corrected chi connectivity index (χ3v) is 13.3. The summed E-state index contributed by atoms with van der Waals surface area (Å²) >= 11 is 0. The van der Waals surface area contributed by atoms with Crippen molar-refractivity contribution in [2.24, 2.45) is 11.8 Å². The molecule has 3 nitrogen and oxygen atoms in total. The van der Waals surface area contributed by atoms with Crippen LogP contribution in [0.1, 0.15) is 60.9 Å². The van der Waals surface area contributed by atoms with Crippen LogP contribution < -0.4 is 15.3 Å². The first-order valence-electron chi connectivity index (χ1n) is 21.2. The molecule has 6 aromatic carbocycles. The van der Waals surface area contributed by atoms with E-state index < -0.39 is 0 Å². The van der Waals surface area contributed by atoms with Gasteiger partial charge in [-0.3, -0.25) is 0 Å². The number of nitrogens with zero attached hydrogens (tertiary/aromatic N) is 2. The fourth-order valence-electron chi connectivity index (χ4n) is 10.5. The second-order valence-electron chi connectivity index (χ2n) is 16.8. The van der Waals surface area contributed by atoms with Gasteiger partial charge in [0.05, 0.1) is 16.9 Å². The van der Waals surface area contributed by atoms with E-state index in [-0.39, 0.29) is 0 Å². The summed E-state index contributed by atoms with van der Waals surface area (Å²) in [7, 11) is 0. The molecule has 0 amide bonds. The number of fused-ring (bicyclic) bond motifs is 9. The molecule has 0 N–H and O–H groups in total. The first-order chi connectivity index (χ1) is 29.1. The lowest BCUT2D eigenvalue weighted by molar-refractivity contribution is 0.491. The molecule has 2 heterocycles. The normalized spacial score (nSPS) is 20.2. The maximum absolute atomic E-state index is 6.82. The van der Waals surface area contributed by atoms with Crippen molar-refractivity contribution in [1.82, 2.24) is 4.57 Å². The number of rotatable bonds is 6. The van der Waals surface area contributed by atoms with Gasteiger partial charge in [0.15, 0.2) is 5.58 Å². The molecule has 4 aliphatic carbocycles. The highest BCUT2D eigenvalue weighted by Gasteiger charge is 2.41. The zero-order valence-corrected chi connectivity index (χ0v) is 33.3. The van der Waals surface area contributed by atoms with E-state index in [1.807, 2.05) is 0 Å². The van der Waals surface area contributed by atoms with Gasteiger partial charge >= 0.3 is 0 Å². The van der Waals surface area contributed by atoms with E-state index >= 15 is 0 Å². The summed E-state index contributed by atoms with van der Waals surface area (Å²) in [6.45, 7) is 4.78. The lowest BCUT2D eigenvalue weighted by atomic mass is 9.83. The SMILES string of the molecule is CC1C=C(N(C2=c3ccccc3=CCC=C2)c2ccccc2)C=CC1C1c2ccc(-c3cc4c5ccccc5oc4c4c3c3c(n4-c4ccccc4)C=CC[C@H]3C)cc21. The van der Waals surface area contributed by atoms with E-state index in [0.717, 1.165) is 40.6 Å². The molecule has 3 unspecified atom stereocenters. The highest BCUT2D eigenvalue weighted by atomic mass is 16.3. The van der Waals surface area contributed by atoms with Crippen molar-refractivity contribution < 1.29 is 4.42 Å². The molecule has 0 spiro atoms. The average Bonchev–Trinajstić information content (AvgIpc) is 3.78. The van der Waals surface area contributed by atoms with Crippen LogP contribution in [-0.2, 0) is 0 Å². The summed E-state index contributed by atoms with van der Waals surface area (Å²) in [5, 5.41) is 6.18. The zero-order chi connectivity index (χ0) is 39.2. The van der Waals surface area contributed by atoms with Gasteiger partial charge in [-0.25, -0.2) is 0 Å². The number of aromatic nitrogens is 1. The minimum Gasteiger partial charge on any atom is -0.454 e. The van der Waals surface area contributed by atoms with Gasteiger partial charge in [0.25, 0.3) is 0 Å². The van der Waals surface area contributed by atoms with Gasteiger partial charge in [0.1, 0.15) is 5.58 Å². The predicted molar refractivity (Wildman–Crippen MR) is 246 cm³/mol. The molecule has 2 aromatic heterocycles. The van der Waals surface area contributed by atoms with E-state index in [4.69, 9.17) is 4.42 Å². The fraction of sp³-hybridized carbons (Fsp3) is 0.143. The first-order valence-corrected chi connectivity index (χ1v) is 21.2. The van der Waals surface area contributed by atoms with Gasteiger partial charge < -0.3 is 13.9 Å². The van der Waals surface area contributed by atoms with Crippen LogP contribution in [0.4, 0.5) is 5.69 Å². The molecular formula is C56H44N2O. The molecule has 0 fully saturated rings. The Bertz CT molecular complexity index is 3260. The minimum absolute atomic E-state index is 0.346. The van der Waals surface area contributed by atoms with Crippen molar-refractivity contribution in [3.8, 4) is 16.8 Å². The molecule has 284 valence electrons. The highest BCUT2D eigenvalue weighted by Crippen LogP contribution is 2.55. The Balaban J connectivity index is 0.969. The standard InChI is InChI=1S/C56H44N2O/c1-35-16-15-26-50-52(35)54-46(34-48-44-24-12-14-27-51(44)59-56(48)55(54)58(50)40-21-7-4-8-22-40)38-28-30-45-47(33-38)53(45)42-31-29-41(32-36(42)2)57(39-19-5-3-6-20-39)49-25-13-10-18-37-17-9-11-23-43(37)49/h3-9,11-15,17-36,42,53H,10,16H2,1-2H3/t35-,36?,42?,53?/m1/s1. The molecule has 0 saturated carbocycles. The number of hydrogen-bond donors (Lipinski definition) is 0.